The lowest BCUT2D eigenvalue weighted by Crippen LogP contribution is -2.41. The second-order valence-corrected chi connectivity index (χ2v) is 5.78. The zero-order valence-electron chi connectivity index (χ0n) is 11.7. The highest BCUT2D eigenvalue weighted by atomic mass is 19.1. The summed E-state index contributed by atoms with van der Waals surface area (Å²) in [4.78, 5) is 4.43. The monoisotopic (exact) mass is 274 g/mol. The van der Waals surface area contributed by atoms with Gasteiger partial charge in [0.25, 0.3) is 0 Å². The van der Waals surface area contributed by atoms with Gasteiger partial charge in [0.2, 0.25) is 5.89 Å². The highest BCUT2D eigenvalue weighted by molar-refractivity contribution is 5.21. The first-order valence-corrected chi connectivity index (χ1v) is 7.06. The predicted octanol–water partition coefficient (Wildman–Crippen LogP) is 3.05. The third kappa shape index (κ3) is 2.75. The molecule has 1 aliphatic rings. The van der Waals surface area contributed by atoms with Crippen molar-refractivity contribution < 1.29 is 8.81 Å². The molecule has 1 aromatic carbocycles. The topological polar surface area (TPSA) is 38.1 Å². The molecule has 1 aromatic heterocycles. The van der Waals surface area contributed by atoms with E-state index in [2.05, 4.69) is 17.2 Å². The summed E-state index contributed by atoms with van der Waals surface area (Å²) in [5.41, 5.74) is 0.873. The molecule has 2 aromatic rings. The van der Waals surface area contributed by atoms with Crippen LogP contribution in [0.25, 0.3) is 0 Å². The van der Waals surface area contributed by atoms with Crippen molar-refractivity contribution in [1.29, 1.82) is 0 Å². The van der Waals surface area contributed by atoms with Gasteiger partial charge in [0, 0.05) is 13.0 Å². The van der Waals surface area contributed by atoms with Crippen LogP contribution in [0.4, 0.5) is 4.39 Å². The quantitative estimate of drug-likeness (QED) is 0.935. The van der Waals surface area contributed by atoms with Gasteiger partial charge in [-0.2, -0.15) is 0 Å². The molecule has 1 aliphatic heterocycles. The number of benzene rings is 1. The SMILES string of the molecule is CC1(c2ncc(Cc3cccc(F)c3)o2)CCCNC1. The maximum Gasteiger partial charge on any atom is 0.201 e. The van der Waals surface area contributed by atoms with Gasteiger partial charge in [0.05, 0.1) is 11.6 Å². The first-order chi connectivity index (χ1) is 9.66. The van der Waals surface area contributed by atoms with E-state index in [-0.39, 0.29) is 11.2 Å². The number of piperidine rings is 1. The largest absolute Gasteiger partial charge is 0.445 e. The maximum atomic E-state index is 13.2. The average Bonchev–Trinajstić information content (AvgIpc) is 2.89. The van der Waals surface area contributed by atoms with Crippen molar-refractivity contribution in [1.82, 2.24) is 10.3 Å². The van der Waals surface area contributed by atoms with Gasteiger partial charge in [-0.05, 0) is 44.0 Å². The van der Waals surface area contributed by atoms with Gasteiger partial charge in [-0.25, -0.2) is 9.37 Å². The lowest BCUT2D eigenvalue weighted by Gasteiger charge is -2.30. The minimum atomic E-state index is -0.217. The van der Waals surface area contributed by atoms with Crippen molar-refractivity contribution in [3.8, 4) is 0 Å². The van der Waals surface area contributed by atoms with Crippen molar-refractivity contribution >= 4 is 0 Å². The summed E-state index contributed by atoms with van der Waals surface area (Å²) < 4.78 is 19.1. The number of nitrogens with zero attached hydrogens (tertiary/aromatic N) is 1. The molecule has 1 saturated heterocycles. The third-order valence-electron chi connectivity index (χ3n) is 3.93. The van der Waals surface area contributed by atoms with E-state index >= 15 is 0 Å². The van der Waals surface area contributed by atoms with E-state index < -0.39 is 0 Å². The molecule has 0 spiro atoms. The van der Waals surface area contributed by atoms with Crippen LogP contribution in [0.1, 0.15) is 37.0 Å². The molecule has 4 heteroatoms. The summed E-state index contributed by atoms with van der Waals surface area (Å²) in [6, 6.07) is 6.60. The Bertz CT molecular complexity index is 588. The summed E-state index contributed by atoms with van der Waals surface area (Å²) in [6.45, 7) is 4.14. The van der Waals surface area contributed by atoms with Crippen molar-refractivity contribution in [3.05, 3.63) is 53.5 Å². The van der Waals surface area contributed by atoms with E-state index in [1.54, 1.807) is 12.3 Å². The fourth-order valence-corrected chi connectivity index (χ4v) is 2.76. The molecule has 0 amide bonds. The van der Waals surface area contributed by atoms with Crippen molar-refractivity contribution in [2.45, 2.75) is 31.6 Å². The molecule has 3 rings (SSSR count). The molecule has 2 heterocycles. The fraction of sp³-hybridized carbons (Fsp3) is 0.438. The molecule has 1 unspecified atom stereocenters. The third-order valence-corrected chi connectivity index (χ3v) is 3.93. The van der Waals surface area contributed by atoms with Gasteiger partial charge in [-0.1, -0.05) is 12.1 Å². The van der Waals surface area contributed by atoms with Gasteiger partial charge < -0.3 is 9.73 Å². The van der Waals surface area contributed by atoms with Crippen LogP contribution in [0.2, 0.25) is 0 Å². The Hall–Kier alpha value is -1.68. The van der Waals surface area contributed by atoms with E-state index in [1.165, 1.54) is 12.1 Å². The molecule has 1 N–H and O–H groups in total. The van der Waals surface area contributed by atoms with Crippen molar-refractivity contribution in [2.24, 2.45) is 0 Å². The van der Waals surface area contributed by atoms with Gasteiger partial charge >= 0.3 is 0 Å². The molecule has 1 atom stereocenters. The summed E-state index contributed by atoms with van der Waals surface area (Å²) >= 11 is 0. The summed E-state index contributed by atoms with van der Waals surface area (Å²) in [6.07, 6.45) is 4.56. The van der Waals surface area contributed by atoms with E-state index in [9.17, 15) is 4.39 Å². The minimum absolute atomic E-state index is 0.0293. The number of hydrogen-bond acceptors (Lipinski definition) is 3. The number of nitrogens with one attached hydrogen (secondary N) is 1. The van der Waals surface area contributed by atoms with Gasteiger partial charge in [0.1, 0.15) is 11.6 Å². The molecular formula is C16H19FN2O. The molecule has 106 valence electrons. The van der Waals surface area contributed by atoms with E-state index in [0.717, 1.165) is 43.1 Å². The number of aromatic nitrogens is 1. The standard InChI is InChI=1S/C16H19FN2O/c1-16(6-3-7-18-11-16)15-19-10-14(20-15)9-12-4-2-5-13(17)8-12/h2,4-5,8,10,18H,3,6-7,9,11H2,1H3. The summed E-state index contributed by atoms with van der Waals surface area (Å²) in [7, 11) is 0. The van der Waals surface area contributed by atoms with E-state index in [1.807, 2.05) is 6.07 Å². The van der Waals surface area contributed by atoms with Crippen molar-refractivity contribution in [3.63, 3.8) is 0 Å². The zero-order chi connectivity index (χ0) is 14.0. The van der Waals surface area contributed by atoms with Crippen LogP contribution in [-0.2, 0) is 11.8 Å². The maximum absolute atomic E-state index is 13.2. The number of halogens is 1. The molecule has 1 fully saturated rings. The van der Waals surface area contributed by atoms with Crippen LogP contribution in [-0.4, -0.2) is 18.1 Å². The molecule has 0 bridgehead atoms. The average molecular weight is 274 g/mol. The Balaban J connectivity index is 1.76. The van der Waals surface area contributed by atoms with Crippen LogP contribution in [0.3, 0.4) is 0 Å². The first kappa shape index (κ1) is 13.3. The Morgan fingerprint density at radius 3 is 3.10 bits per heavy atom. The number of rotatable bonds is 3. The Morgan fingerprint density at radius 2 is 2.35 bits per heavy atom. The normalized spacial score (nSPS) is 22.9. The summed E-state index contributed by atoms with van der Waals surface area (Å²) in [5, 5.41) is 3.39. The number of oxazole rings is 1. The second-order valence-electron chi connectivity index (χ2n) is 5.78. The molecule has 3 nitrogen and oxygen atoms in total. The molecule has 0 saturated carbocycles. The van der Waals surface area contributed by atoms with E-state index in [0.29, 0.717) is 6.42 Å². The summed E-state index contributed by atoms with van der Waals surface area (Å²) in [5.74, 6) is 1.36. The van der Waals surface area contributed by atoms with Crippen LogP contribution in [0, 0.1) is 5.82 Å². The zero-order valence-corrected chi connectivity index (χ0v) is 11.7. The van der Waals surface area contributed by atoms with Gasteiger partial charge in [-0.15, -0.1) is 0 Å². The molecular weight excluding hydrogens is 255 g/mol. The Labute approximate surface area is 118 Å². The van der Waals surface area contributed by atoms with Crippen molar-refractivity contribution in [2.75, 3.05) is 13.1 Å². The first-order valence-electron chi connectivity index (χ1n) is 7.06. The van der Waals surface area contributed by atoms with E-state index in [4.69, 9.17) is 4.42 Å². The highest BCUT2D eigenvalue weighted by Gasteiger charge is 2.33. The Morgan fingerprint density at radius 1 is 1.45 bits per heavy atom. The molecule has 20 heavy (non-hydrogen) atoms. The van der Waals surface area contributed by atoms with Crippen LogP contribution >= 0.6 is 0 Å². The van der Waals surface area contributed by atoms with Crippen LogP contribution in [0.15, 0.2) is 34.9 Å². The smallest absolute Gasteiger partial charge is 0.201 e. The lowest BCUT2D eigenvalue weighted by molar-refractivity contribution is 0.268. The minimum Gasteiger partial charge on any atom is -0.445 e. The lowest BCUT2D eigenvalue weighted by atomic mass is 9.83. The second kappa shape index (κ2) is 5.37. The van der Waals surface area contributed by atoms with Crippen LogP contribution in [0.5, 0.6) is 0 Å². The Kier molecular flexibility index (Phi) is 3.57. The van der Waals surface area contributed by atoms with Crippen LogP contribution < -0.4 is 5.32 Å². The fourth-order valence-electron chi connectivity index (χ4n) is 2.76. The van der Waals surface area contributed by atoms with Gasteiger partial charge in [0.15, 0.2) is 0 Å². The highest BCUT2D eigenvalue weighted by Crippen LogP contribution is 2.30. The van der Waals surface area contributed by atoms with Gasteiger partial charge in [-0.3, -0.25) is 0 Å². The molecule has 0 radical (unpaired) electrons. The predicted molar refractivity (Wildman–Crippen MR) is 75.2 cm³/mol. The molecule has 0 aliphatic carbocycles. The number of hydrogen-bond donors (Lipinski definition) is 1.